The number of carboxylic acid groups (broad SMARTS) is 1. The van der Waals surface area contributed by atoms with Crippen LogP contribution in [0.15, 0.2) is 16.7 Å². The minimum Gasteiger partial charge on any atom is -0.478 e. The molecule has 1 saturated heterocycles. The molecule has 1 N–H and O–H groups in total. The molecule has 1 aromatic heterocycles. The standard InChI is InChI=1S/C13H16N2O5/c1-2-4-14-5-6-15(12(17)11(14)16)8-10-9(13(18)19)3-7-20-10/h3,7H,2,4-6,8H2,1H3,(H,18,19). The number of carboxylic acids is 1. The molecule has 7 heteroatoms. The molecule has 1 aliphatic rings. The predicted octanol–water partition coefficient (Wildman–Crippen LogP) is 0.559. The van der Waals surface area contributed by atoms with Crippen molar-refractivity contribution in [3.63, 3.8) is 0 Å². The summed E-state index contributed by atoms with van der Waals surface area (Å²) in [4.78, 5) is 37.6. The van der Waals surface area contributed by atoms with Gasteiger partial charge in [-0.25, -0.2) is 4.79 Å². The lowest BCUT2D eigenvalue weighted by atomic mass is 10.2. The molecule has 108 valence electrons. The van der Waals surface area contributed by atoms with Gasteiger partial charge in [0.25, 0.3) is 0 Å². The van der Waals surface area contributed by atoms with E-state index >= 15 is 0 Å². The summed E-state index contributed by atoms with van der Waals surface area (Å²) in [6, 6.07) is 1.33. The second kappa shape index (κ2) is 5.77. The molecule has 2 amide bonds. The Morgan fingerprint density at radius 2 is 1.95 bits per heavy atom. The zero-order chi connectivity index (χ0) is 14.7. The van der Waals surface area contributed by atoms with E-state index in [4.69, 9.17) is 9.52 Å². The van der Waals surface area contributed by atoms with Crippen molar-refractivity contribution in [3.8, 4) is 0 Å². The van der Waals surface area contributed by atoms with Gasteiger partial charge in [0.05, 0.1) is 12.8 Å². The van der Waals surface area contributed by atoms with Gasteiger partial charge < -0.3 is 19.3 Å². The van der Waals surface area contributed by atoms with Crippen molar-refractivity contribution in [2.75, 3.05) is 19.6 Å². The fraction of sp³-hybridized carbons (Fsp3) is 0.462. The first-order chi connectivity index (χ1) is 9.54. The third kappa shape index (κ3) is 2.66. The smallest absolute Gasteiger partial charge is 0.339 e. The van der Waals surface area contributed by atoms with E-state index in [2.05, 4.69) is 0 Å². The molecule has 0 atom stereocenters. The lowest BCUT2D eigenvalue weighted by molar-refractivity contribution is -0.156. The van der Waals surface area contributed by atoms with Crippen LogP contribution in [0.1, 0.15) is 29.5 Å². The summed E-state index contributed by atoms with van der Waals surface area (Å²) < 4.78 is 5.09. The van der Waals surface area contributed by atoms with E-state index < -0.39 is 17.8 Å². The molecule has 0 radical (unpaired) electrons. The minimum atomic E-state index is -1.11. The molecule has 0 aromatic carbocycles. The van der Waals surface area contributed by atoms with E-state index in [1.807, 2.05) is 6.92 Å². The summed E-state index contributed by atoms with van der Waals surface area (Å²) in [5.74, 6) is -2.08. The maximum atomic E-state index is 12.0. The summed E-state index contributed by atoms with van der Waals surface area (Å²) >= 11 is 0. The maximum Gasteiger partial charge on any atom is 0.339 e. The first-order valence-electron chi connectivity index (χ1n) is 6.42. The Labute approximate surface area is 115 Å². The molecule has 1 fully saturated rings. The SMILES string of the molecule is CCCN1CCN(Cc2occc2C(=O)O)C(=O)C1=O. The van der Waals surface area contributed by atoms with Gasteiger partial charge in [-0.05, 0) is 12.5 Å². The number of carbonyl (C=O) groups is 3. The fourth-order valence-electron chi connectivity index (χ4n) is 2.18. The highest BCUT2D eigenvalue weighted by atomic mass is 16.4. The highest BCUT2D eigenvalue weighted by Crippen LogP contribution is 2.16. The molecule has 0 spiro atoms. The van der Waals surface area contributed by atoms with Gasteiger partial charge in [0.2, 0.25) is 0 Å². The summed E-state index contributed by atoms with van der Waals surface area (Å²) in [7, 11) is 0. The van der Waals surface area contributed by atoms with Crippen molar-refractivity contribution in [3.05, 3.63) is 23.7 Å². The van der Waals surface area contributed by atoms with Crippen LogP contribution in [0.2, 0.25) is 0 Å². The van der Waals surface area contributed by atoms with Gasteiger partial charge in [-0.1, -0.05) is 6.92 Å². The largest absolute Gasteiger partial charge is 0.478 e. The van der Waals surface area contributed by atoms with Crippen LogP contribution < -0.4 is 0 Å². The number of hydrogen-bond acceptors (Lipinski definition) is 4. The van der Waals surface area contributed by atoms with Crippen molar-refractivity contribution in [1.82, 2.24) is 9.80 Å². The van der Waals surface area contributed by atoms with Crippen LogP contribution in [-0.2, 0) is 16.1 Å². The predicted molar refractivity (Wildman–Crippen MR) is 68.0 cm³/mol. The van der Waals surface area contributed by atoms with Gasteiger partial charge in [0.15, 0.2) is 0 Å². The van der Waals surface area contributed by atoms with Gasteiger partial charge in [0, 0.05) is 19.6 Å². The van der Waals surface area contributed by atoms with E-state index in [1.54, 1.807) is 0 Å². The molecule has 0 saturated carbocycles. The van der Waals surface area contributed by atoms with Crippen LogP contribution in [0.4, 0.5) is 0 Å². The average Bonchev–Trinajstić information content (AvgIpc) is 2.87. The summed E-state index contributed by atoms with van der Waals surface area (Å²) in [5, 5.41) is 8.98. The second-order valence-corrected chi connectivity index (χ2v) is 4.58. The Balaban J connectivity index is 2.08. The lowest BCUT2D eigenvalue weighted by Crippen LogP contribution is -2.54. The van der Waals surface area contributed by atoms with Crippen molar-refractivity contribution < 1.29 is 23.9 Å². The Kier molecular flexibility index (Phi) is 4.07. The van der Waals surface area contributed by atoms with Gasteiger partial charge in [-0.3, -0.25) is 9.59 Å². The quantitative estimate of drug-likeness (QED) is 0.796. The number of nitrogens with zero attached hydrogens (tertiary/aromatic N) is 2. The molecular formula is C13H16N2O5. The number of carbonyl (C=O) groups excluding carboxylic acids is 2. The second-order valence-electron chi connectivity index (χ2n) is 4.58. The van der Waals surface area contributed by atoms with Crippen molar-refractivity contribution in [2.45, 2.75) is 19.9 Å². The zero-order valence-corrected chi connectivity index (χ0v) is 11.2. The van der Waals surface area contributed by atoms with Crippen LogP contribution >= 0.6 is 0 Å². The number of amides is 2. The number of rotatable bonds is 5. The summed E-state index contributed by atoms with van der Waals surface area (Å²) in [5.41, 5.74) is 0.0150. The van der Waals surface area contributed by atoms with Crippen molar-refractivity contribution in [1.29, 1.82) is 0 Å². The molecule has 20 heavy (non-hydrogen) atoms. The molecular weight excluding hydrogens is 264 g/mol. The lowest BCUT2D eigenvalue weighted by Gasteiger charge is -2.33. The summed E-state index contributed by atoms with van der Waals surface area (Å²) in [6.45, 7) is 3.33. The zero-order valence-electron chi connectivity index (χ0n) is 11.2. The molecule has 0 unspecified atom stereocenters. The topological polar surface area (TPSA) is 91.1 Å². The van der Waals surface area contributed by atoms with Crippen LogP contribution in [0.3, 0.4) is 0 Å². The van der Waals surface area contributed by atoms with Crippen molar-refractivity contribution >= 4 is 17.8 Å². The van der Waals surface area contributed by atoms with Crippen molar-refractivity contribution in [2.24, 2.45) is 0 Å². The van der Waals surface area contributed by atoms with E-state index in [0.29, 0.717) is 19.6 Å². The van der Waals surface area contributed by atoms with Crippen LogP contribution in [-0.4, -0.2) is 52.3 Å². The first kappa shape index (κ1) is 14.1. The van der Waals surface area contributed by atoms with Gasteiger partial charge >= 0.3 is 17.8 Å². The third-order valence-corrected chi connectivity index (χ3v) is 3.20. The highest BCUT2D eigenvalue weighted by Gasteiger charge is 2.33. The van der Waals surface area contributed by atoms with E-state index in [9.17, 15) is 14.4 Å². The average molecular weight is 280 g/mol. The van der Waals surface area contributed by atoms with Gasteiger partial charge in [0.1, 0.15) is 11.3 Å². The molecule has 2 rings (SSSR count). The normalized spacial score (nSPS) is 15.8. The number of aromatic carboxylic acids is 1. The molecule has 0 bridgehead atoms. The molecule has 1 aromatic rings. The van der Waals surface area contributed by atoms with E-state index in [1.165, 1.54) is 22.1 Å². The Hall–Kier alpha value is -2.31. The number of piperazine rings is 1. The number of furan rings is 1. The van der Waals surface area contributed by atoms with Crippen LogP contribution in [0.5, 0.6) is 0 Å². The third-order valence-electron chi connectivity index (χ3n) is 3.20. The Bertz CT molecular complexity index is 537. The molecule has 0 aliphatic carbocycles. The molecule has 2 heterocycles. The Morgan fingerprint density at radius 3 is 2.60 bits per heavy atom. The molecule has 7 nitrogen and oxygen atoms in total. The minimum absolute atomic E-state index is 0.000822. The van der Waals surface area contributed by atoms with Crippen LogP contribution in [0.25, 0.3) is 0 Å². The Morgan fingerprint density at radius 1 is 1.30 bits per heavy atom. The van der Waals surface area contributed by atoms with E-state index in [-0.39, 0.29) is 17.9 Å². The summed E-state index contributed by atoms with van der Waals surface area (Å²) in [6.07, 6.45) is 2.05. The monoisotopic (exact) mass is 280 g/mol. The van der Waals surface area contributed by atoms with Crippen LogP contribution in [0, 0.1) is 0 Å². The van der Waals surface area contributed by atoms with Gasteiger partial charge in [-0.15, -0.1) is 0 Å². The molecule has 1 aliphatic heterocycles. The van der Waals surface area contributed by atoms with Gasteiger partial charge in [-0.2, -0.15) is 0 Å². The van der Waals surface area contributed by atoms with E-state index in [0.717, 1.165) is 6.42 Å². The maximum absolute atomic E-state index is 12.0. The highest BCUT2D eigenvalue weighted by molar-refractivity contribution is 6.35. The number of hydrogen-bond donors (Lipinski definition) is 1. The first-order valence-corrected chi connectivity index (χ1v) is 6.42. The fourth-order valence-corrected chi connectivity index (χ4v) is 2.18.